The smallest absolute Gasteiger partial charge is 0.341 e. The van der Waals surface area contributed by atoms with Crippen LogP contribution in [0.5, 0.6) is 0 Å². The Labute approximate surface area is 216 Å². The van der Waals surface area contributed by atoms with Crippen molar-refractivity contribution in [1.82, 2.24) is 4.40 Å². The van der Waals surface area contributed by atoms with Crippen LogP contribution < -0.4 is 0 Å². The van der Waals surface area contributed by atoms with Gasteiger partial charge in [-0.05, 0) is 43.2 Å². The molecule has 0 aliphatic rings. The lowest BCUT2D eigenvalue weighted by molar-refractivity contribution is 0.0531. The number of hydrogen-bond acceptors (Lipinski definition) is 5. The summed E-state index contributed by atoms with van der Waals surface area (Å²) in [5, 5.41) is 1.35. The van der Waals surface area contributed by atoms with E-state index in [-0.39, 0.29) is 12.4 Å². The van der Waals surface area contributed by atoms with Crippen LogP contribution in [0.15, 0.2) is 77.1 Å². The van der Waals surface area contributed by atoms with Crippen molar-refractivity contribution in [2.75, 3.05) is 6.61 Å². The summed E-state index contributed by atoms with van der Waals surface area (Å²) in [6.07, 6.45) is 1.96. The molecule has 2 aromatic carbocycles. The first-order valence-electron chi connectivity index (χ1n) is 11.2. The monoisotopic (exact) mass is 519 g/mol. The minimum Gasteiger partial charge on any atom is -0.462 e. The second-order valence-electron chi connectivity index (χ2n) is 8.07. The normalized spacial score (nSPS) is 11.3. The van der Waals surface area contributed by atoms with Gasteiger partial charge in [0, 0.05) is 27.9 Å². The molecule has 0 aliphatic carbocycles. The molecular formula is C28H22ClNO3S2. The number of aryl methyl sites for hydroxylation is 1. The Balaban J connectivity index is 1.76. The summed E-state index contributed by atoms with van der Waals surface area (Å²) >= 11 is 9.44. The number of carbonyl (C=O) groups excluding carboxylic acids is 2. The Morgan fingerprint density at radius 3 is 2.54 bits per heavy atom. The molecule has 5 aromatic rings. The van der Waals surface area contributed by atoms with Crippen LogP contribution in [0.25, 0.3) is 16.4 Å². The number of carbonyl (C=O) groups is 2. The Kier molecular flexibility index (Phi) is 6.69. The number of rotatable bonds is 7. The molecule has 0 aliphatic heterocycles. The van der Waals surface area contributed by atoms with Crippen LogP contribution in [0.3, 0.4) is 0 Å². The lowest BCUT2D eigenvalue weighted by atomic mass is 10.1. The van der Waals surface area contributed by atoms with Gasteiger partial charge >= 0.3 is 5.97 Å². The Morgan fingerprint density at radius 2 is 1.80 bits per heavy atom. The first-order valence-corrected chi connectivity index (χ1v) is 13.4. The second-order valence-corrected chi connectivity index (χ2v) is 10.7. The number of benzene rings is 2. The topological polar surface area (TPSA) is 47.8 Å². The maximum Gasteiger partial charge on any atom is 0.341 e. The summed E-state index contributed by atoms with van der Waals surface area (Å²) < 4.78 is 8.41. The highest BCUT2D eigenvalue weighted by atomic mass is 35.5. The molecule has 0 fully saturated rings. The quantitative estimate of drug-likeness (QED) is 0.125. The van der Waals surface area contributed by atoms with Crippen LogP contribution in [-0.4, -0.2) is 22.8 Å². The number of ketones is 1. The van der Waals surface area contributed by atoms with Gasteiger partial charge < -0.3 is 9.14 Å². The maximum absolute atomic E-state index is 13.7. The van der Waals surface area contributed by atoms with E-state index in [0.29, 0.717) is 32.2 Å². The van der Waals surface area contributed by atoms with Gasteiger partial charge in [0.15, 0.2) is 0 Å². The zero-order chi connectivity index (χ0) is 24.5. The van der Waals surface area contributed by atoms with Crippen molar-refractivity contribution in [3.05, 3.63) is 105 Å². The average Bonchev–Trinajstić information content (AvgIpc) is 3.39. The first-order chi connectivity index (χ1) is 17.0. The molecule has 0 unspecified atom stereocenters. The number of pyridine rings is 1. The van der Waals surface area contributed by atoms with E-state index in [1.807, 2.05) is 72.1 Å². The van der Waals surface area contributed by atoms with E-state index in [1.54, 1.807) is 30.8 Å². The van der Waals surface area contributed by atoms with Gasteiger partial charge in [0.2, 0.25) is 5.78 Å². The number of nitrogens with zero attached hydrogens (tertiary/aromatic N) is 1. The van der Waals surface area contributed by atoms with Crippen molar-refractivity contribution < 1.29 is 14.3 Å². The molecule has 5 rings (SSSR count). The standard InChI is InChI=1S/C28H22ClNO3S2/c1-3-33-27(32)22-21-15-17(2)13-14-30(21)24-23(22)26(25(31)18-9-5-4-6-10-18)35-28(24)34-16-19-11-7-8-12-20(19)29/h4-15H,3,16H2,1-2H3. The van der Waals surface area contributed by atoms with E-state index in [2.05, 4.69) is 0 Å². The summed E-state index contributed by atoms with van der Waals surface area (Å²) in [5.74, 6) is 0.110. The fourth-order valence-corrected chi connectivity index (χ4v) is 6.93. The molecule has 0 saturated carbocycles. The lowest BCUT2D eigenvalue weighted by Crippen LogP contribution is -2.06. The number of thiophene rings is 1. The van der Waals surface area contributed by atoms with Crippen LogP contribution in [0, 0.1) is 6.92 Å². The van der Waals surface area contributed by atoms with Crippen LogP contribution in [0.1, 0.15) is 43.6 Å². The van der Waals surface area contributed by atoms with Gasteiger partial charge in [-0.15, -0.1) is 23.1 Å². The lowest BCUT2D eigenvalue weighted by Gasteiger charge is -2.05. The van der Waals surface area contributed by atoms with Crippen LogP contribution in [-0.2, 0) is 10.5 Å². The molecular weight excluding hydrogens is 498 g/mol. The average molecular weight is 520 g/mol. The second kappa shape index (κ2) is 9.90. The third kappa shape index (κ3) is 4.38. The number of halogens is 1. The molecule has 4 nitrogen and oxygen atoms in total. The van der Waals surface area contributed by atoms with Crippen LogP contribution in [0.2, 0.25) is 5.02 Å². The number of ether oxygens (including phenoxy) is 1. The molecule has 0 radical (unpaired) electrons. The molecule has 3 aromatic heterocycles. The summed E-state index contributed by atoms with van der Waals surface area (Å²) in [6, 6.07) is 20.9. The fraction of sp³-hybridized carbons (Fsp3) is 0.143. The van der Waals surface area contributed by atoms with Crippen LogP contribution in [0.4, 0.5) is 0 Å². The molecule has 0 N–H and O–H groups in total. The maximum atomic E-state index is 13.7. The summed E-state index contributed by atoms with van der Waals surface area (Å²) in [4.78, 5) is 27.5. The highest BCUT2D eigenvalue weighted by molar-refractivity contribution is 8.00. The van der Waals surface area contributed by atoms with Crippen molar-refractivity contribution in [1.29, 1.82) is 0 Å². The van der Waals surface area contributed by atoms with E-state index in [9.17, 15) is 9.59 Å². The number of fused-ring (bicyclic) bond motifs is 3. The van der Waals surface area contributed by atoms with Crippen LogP contribution >= 0.6 is 34.7 Å². The number of thioether (sulfide) groups is 1. The SMILES string of the molecule is CCOC(=O)c1c2c(C(=O)c3ccccc3)sc(SCc3ccccc3Cl)c2n2ccc(C)cc12. The van der Waals surface area contributed by atoms with Crippen molar-refractivity contribution in [2.45, 2.75) is 23.8 Å². The molecule has 0 saturated heterocycles. The van der Waals surface area contributed by atoms with Gasteiger partial charge in [-0.1, -0.05) is 60.1 Å². The Hall–Kier alpha value is -3.06. The summed E-state index contributed by atoms with van der Waals surface area (Å²) in [7, 11) is 0. The molecule has 0 bridgehead atoms. The predicted octanol–water partition coefficient (Wildman–Crippen LogP) is 7.82. The minimum atomic E-state index is -0.423. The van der Waals surface area contributed by atoms with Gasteiger partial charge in [0.1, 0.15) is 0 Å². The van der Waals surface area contributed by atoms with Gasteiger partial charge in [0.05, 0.1) is 32.3 Å². The molecule has 176 valence electrons. The summed E-state index contributed by atoms with van der Waals surface area (Å²) in [6.45, 7) is 4.02. The number of aromatic nitrogens is 1. The van der Waals surface area contributed by atoms with E-state index in [0.717, 1.165) is 26.4 Å². The molecule has 7 heteroatoms. The van der Waals surface area contributed by atoms with E-state index in [1.165, 1.54) is 11.3 Å². The third-order valence-electron chi connectivity index (χ3n) is 5.75. The Morgan fingerprint density at radius 1 is 1.06 bits per heavy atom. The highest BCUT2D eigenvalue weighted by Gasteiger charge is 2.29. The molecule has 0 amide bonds. The van der Waals surface area contributed by atoms with Crippen molar-refractivity contribution >= 4 is 62.9 Å². The minimum absolute atomic E-state index is 0.108. The zero-order valence-corrected chi connectivity index (χ0v) is 21.6. The van der Waals surface area contributed by atoms with Crippen molar-refractivity contribution in [2.24, 2.45) is 0 Å². The van der Waals surface area contributed by atoms with Gasteiger partial charge in [0.25, 0.3) is 0 Å². The summed E-state index contributed by atoms with van der Waals surface area (Å²) in [5.41, 5.74) is 4.64. The van der Waals surface area contributed by atoms with E-state index >= 15 is 0 Å². The number of esters is 1. The first kappa shape index (κ1) is 23.7. The van der Waals surface area contributed by atoms with Crippen molar-refractivity contribution in [3.63, 3.8) is 0 Å². The van der Waals surface area contributed by atoms with E-state index < -0.39 is 5.97 Å². The molecule has 3 heterocycles. The predicted molar refractivity (Wildman–Crippen MR) is 144 cm³/mol. The highest BCUT2D eigenvalue weighted by Crippen LogP contribution is 2.45. The van der Waals surface area contributed by atoms with Gasteiger partial charge in [-0.2, -0.15) is 0 Å². The third-order valence-corrected chi connectivity index (χ3v) is 8.60. The fourth-order valence-electron chi connectivity index (χ4n) is 4.12. The molecule has 0 atom stereocenters. The molecule has 35 heavy (non-hydrogen) atoms. The Bertz CT molecular complexity index is 1570. The van der Waals surface area contributed by atoms with E-state index in [4.69, 9.17) is 16.3 Å². The number of hydrogen-bond donors (Lipinski definition) is 0. The van der Waals surface area contributed by atoms with Crippen molar-refractivity contribution in [3.8, 4) is 0 Å². The van der Waals surface area contributed by atoms with Gasteiger partial charge in [-0.25, -0.2) is 4.79 Å². The van der Waals surface area contributed by atoms with Gasteiger partial charge in [-0.3, -0.25) is 4.79 Å². The zero-order valence-electron chi connectivity index (χ0n) is 19.2. The molecule has 0 spiro atoms. The largest absolute Gasteiger partial charge is 0.462 e.